The van der Waals surface area contributed by atoms with Gasteiger partial charge in [0, 0.05) is 9.92 Å². The van der Waals surface area contributed by atoms with Crippen molar-refractivity contribution in [3.05, 3.63) is 64.1 Å². The number of alkyl halides is 3. The van der Waals surface area contributed by atoms with E-state index in [4.69, 9.17) is 46.4 Å². The molecule has 0 atom stereocenters. The van der Waals surface area contributed by atoms with Gasteiger partial charge in [-0.15, -0.1) is 0 Å². The van der Waals surface area contributed by atoms with Gasteiger partial charge in [-0.1, -0.05) is 58.2 Å². The molecule has 6 nitrogen and oxygen atoms in total. The second-order valence-electron chi connectivity index (χ2n) is 4.72. The van der Waals surface area contributed by atoms with Gasteiger partial charge in [-0.3, -0.25) is 20.2 Å². The van der Waals surface area contributed by atoms with Gasteiger partial charge >= 0.3 is 17.6 Å². The molecule has 144 valence electrons. The fraction of sp³-hybridized carbons (Fsp3) is 0.0769. The number of nitro benzene ring substituents is 2. The molecule has 2 rings (SSSR count). The van der Waals surface area contributed by atoms with E-state index in [0.717, 1.165) is 0 Å². The van der Waals surface area contributed by atoms with E-state index in [2.05, 4.69) is 0 Å². The van der Waals surface area contributed by atoms with Crippen LogP contribution in [0.25, 0.3) is 0 Å². The Labute approximate surface area is 172 Å². The van der Waals surface area contributed by atoms with Gasteiger partial charge in [0.05, 0.1) is 14.9 Å². The van der Waals surface area contributed by atoms with E-state index in [9.17, 15) is 33.4 Å². The van der Waals surface area contributed by atoms with Crippen molar-refractivity contribution in [1.29, 1.82) is 0 Å². The van der Waals surface area contributed by atoms with E-state index in [-0.39, 0.29) is 14.9 Å². The van der Waals surface area contributed by atoms with Crippen LogP contribution in [-0.4, -0.2) is 9.85 Å². The third kappa shape index (κ3) is 4.35. The zero-order valence-electron chi connectivity index (χ0n) is 12.3. The van der Waals surface area contributed by atoms with Crippen LogP contribution in [0.15, 0.2) is 28.0 Å². The highest BCUT2D eigenvalue weighted by Crippen LogP contribution is 2.55. The Kier molecular flexibility index (Phi) is 6.37. The number of halogens is 7. The lowest BCUT2D eigenvalue weighted by molar-refractivity contribution is -0.399. The summed E-state index contributed by atoms with van der Waals surface area (Å²) in [6, 6.07) is 3.86. The van der Waals surface area contributed by atoms with E-state index in [1.54, 1.807) is 0 Å². The van der Waals surface area contributed by atoms with Gasteiger partial charge < -0.3 is 0 Å². The molecule has 0 unspecified atom stereocenters. The molecule has 2 aromatic carbocycles. The molecule has 0 radical (unpaired) electrons. The molecular formula is C13H3Cl4F3N2O4S. The monoisotopic (exact) mass is 480 g/mol. The molecule has 0 heterocycles. The molecule has 0 aliphatic rings. The lowest BCUT2D eigenvalue weighted by Crippen LogP contribution is -2.11. The second kappa shape index (κ2) is 7.88. The van der Waals surface area contributed by atoms with Crippen LogP contribution in [0.4, 0.5) is 24.5 Å². The van der Waals surface area contributed by atoms with Crippen molar-refractivity contribution in [2.75, 3.05) is 0 Å². The van der Waals surface area contributed by atoms with Gasteiger partial charge in [0.15, 0.2) is 4.90 Å². The van der Waals surface area contributed by atoms with Crippen LogP contribution in [-0.2, 0) is 6.18 Å². The predicted octanol–water partition coefficient (Wildman–Crippen LogP) is 7.29. The highest BCUT2D eigenvalue weighted by atomic mass is 35.5. The van der Waals surface area contributed by atoms with Crippen molar-refractivity contribution in [2.24, 2.45) is 0 Å². The minimum Gasteiger partial charge on any atom is -0.258 e. The fourth-order valence-electron chi connectivity index (χ4n) is 1.98. The summed E-state index contributed by atoms with van der Waals surface area (Å²) >= 11 is 23.2. The topological polar surface area (TPSA) is 86.3 Å². The Morgan fingerprint density at radius 3 is 1.78 bits per heavy atom. The third-order valence-electron chi connectivity index (χ3n) is 3.04. The number of nitrogens with zero attached hydrogens (tertiary/aromatic N) is 2. The second-order valence-corrected chi connectivity index (χ2v) is 7.37. The van der Waals surface area contributed by atoms with E-state index in [0.29, 0.717) is 11.8 Å². The highest BCUT2D eigenvalue weighted by molar-refractivity contribution is 7.99. The first-order chi connectivity index (χ1) is 12.4. The largest absolute Gasteiger partial charge is 0.419 e. The number of benzene rings is 2. The smallest absolute Gasteiger partial charge is 0.258 e. The average molecular weight is 482 g/mol. The Hall–Kier alpha value is -1.46. The number of hydrogen-bond donors (Lipinski definition) is 0. The molecule has 0 saturated carbocycles. The lowest BCUT2D eigenvalue weighted by Gasteiger charge is -2.14. The summed E-state index contributed by atoms with van der Waals surface area (Å²) in [5.41, 5.74) is -4.48. The molecule has 0 aliphatic heterocycles. The van der Waals surface area contributed by atoms with Crippen LogP contribution in [0.3, 0.4) is 0 Å². The maximum Gasteiger partial charge on any atom is 0.419 e. The van der Waals surface area contributed by atoms with E-state index >= 15 is 0 Å². The highest BCUT2D eigenvalue weighted by Gasteiger charge is 2.46. The van der Waals surface area contributed by atoms with E-state index in [1.807, 2.05) is 0 Å². The maximum absolute atomic E-state index is 13.2. The summed E-state index contributed by atoms with van der Waals surface area (Å²) in [5, 5.41) is 20.2. The summed E-state index contributed by atoms with van der Waals surface area (Å²) in [7, 11) is 0. The van der Waals surface area contributed by atoms with Gasteiger partial charge in [0.1, 0.15) is 15.6 Å². The van der Waals surface area contributed by atoms with Gasteiger partial charge in [-0.25, -0.2) is 0 Å². The number of hydrogen-bond acceptors (Lipinski definition) is 5. The molecule has 0 saturated heterocycles. The molecule has 14 heteroatoms. The number of nitro groups is 2. The quantitative estimate of drug-likeness (QED) is 0.338. The zero-order valence-corrected chi connectivity index (χ0v) is 16.2. The molecule has 0 amide bonds. The standard InChI is InChI=1S/C13H3Cl4F3N2O4S/c14-4-1-2-6(5(15)3-4)27-12-10(21(23)24)8(16)7(13(18,19)20)9(17)11(12)22(25)26/h1-3H. The summed E-state index contributed by atoms with van der Waals surface area (Å²) in [4.78, 5) is 19.5. The molecule has 2 aromatic rings. The third-order valence-corrected chi connectivity index (χ3v) is 5.60. The first kappa shape index (κ1) is 21.8. The Balaban J connectivity index is 2.90. The lowest BCUT2D eigenvalue weighted by atomic mass is 10.1. The molecule has 0 aromatic heterocycles. The van der Waals surface area contributed by atoms with Crippen molar-refractivity contribution >= 4 is 69.5 Å². The van der Waals surface area contributed by atoms with E-state index in [1.165, 1.54) is 18.2 Å². The molecule has 0 aliphatic carbocycles. The van der Waals surface area contributed by atoms with Crippen molar-refractivity contribution in [2.45, 2.75) is 16.0 Å². The van der Waals surface area contributed by atoms with Crippen molar-refractivity contribution < 1.29 is 23.0 Å². The molecule has 0 fully saturated rings. The van der Waals surface area contributed by atoms with Crippen LogP contribution in [0, 0.1) is 20.2 Å². The zero-order chi connectivity index (χ0) is 20.7. The summed E-state index contributed by atoms with van der Waals surface area (Å²) in [6.45, 7) is 0. The maximum atomic E-state index is 13.2. The van der Waals surface area contributed by atoms with Crippen LogP contribution < -0.4 is 0 Å². The Morgan fingerprint density at radius 2 is 1.41 bits per heavy atom. The molecular weight excluding hydrogens is 479 g/mol. The van der Waals surface area contributed by atoms with Gasteiger partial charge in [0.2, 0.25) is 0 Å². The minimum atomic E-state index is -5.26. The summed E-state index contributed by atoms with van der Waals surface area (Å²) in [6.07, 6.45) is -5.26. The predicted molar refractivity (Wildman–Crippen MR) is 95.4 cm³/mol. The van der Waals surface area contributed by atoms with Gasteiger partial charge in [-0.2, -0.15) is 13.2 Å². The van der Waals surface area contributed by atoms with Crippen LogP contribution in [0.1, 0.15) is 5.56 Å². The molecule has 0 spiro atoms. The normalized spacial score (nSPS) is 11.5. The summed E-state index contributed by atoms with van der Waals surface area (Å²) < 4.78 is 39.6. The Morgan fingerprint density at radius 1 is 0.926 bits per heavy atom. The minimum absolute atomic E-state index is 0.0387. The van der Waals surface area contributed by atoms with Crippen LogP contribution >= 0.6 is 58.2 Å². The first-order valence-electron chi connectivity index (χ1n) is 6.40. The van der Waals surface area contributed by atoms with Gasteiger partial charge in [0.25, 0.3) is 0 Å². The van der Waals surface area contributed by atoms with Crippen molar-refractivity contribution in [3.63, 3.8) is 0 Å². The average Bonchev–Trinajstić information content (AvgIpc) is 2.47. The fourth-order valence-corrected chi connectivity index (χ4v) is 4.46. The van der Waals surface area contributed by atoms with Crippen LogP contribution in [0.5, 0.6) is 0 Å². The summed E-state index contributed by atoms with van der Waals surface area (Å²) in [5.74, 6) is 0. The van der Waals surface area contributed by atoms with E-state index < -0.39 is 47.9 Å². The SMILES string of the molecule is O=[N+]([O-])c1c(Cl)c(C(F)(F)F)c(Cl)c([N+](=O)[O-])c1Sc1ccc(Cl)cc1Cl. The van der Waals surface area contributed by atoms with Gasteiger partial charge in [-0.05, 0) is 18.2 Å². The van der Waals surface area contributed by atoms with Crippen molar-refractivity contribution in [1.82, 2.24) is 0 Å². The first-order valence-corrected chi connectivity index (χ1v) is 8.73. The van der Waals surface area contributed by atoms with Crippen molar-refractivity contribution in [3.8, 4) is 0 Å². The number of rotatable bonds is 4. The molecule has 27 heavy (non-hydrogen) atoms. The molecule has 0 bridgehead atoms. The van der Waals surface area contributed by atoms with Crippen LogP contribution in [0.2, 0.25) is 20.1 Å². The molecule has 0 N–H and O–H groups in total. The Bertz CT molecular complexity index is 931.